The molecule has 24 heavy (non-hydrogen) atoms. The molecule has 3 rings (SSSR count). The first-order valence-corrected chi connectivity index (χ1v) is 10.6. The van der Waals surface area contributed by atoms with Crippen LogP contribution in [-0.2, 0) is 0 Å². The van der Waals surface area contributed by atoms with Crippen molar-refractivity contribution in [1.29, 1.82) is 0 Å². The molecule has 4 nitrogen and oxygen atoms in total. The van der Waals surface area contributed by atoms with Gasteiger partial charge < -0.3 is 0 Å². The van der Waals surface area contributed by atoms with Crippen molar-refractivity contribution in [2.75, 3.05) is 58.9 Å². The lowest BCUT2D eigenvalue weighted by atomic mass is 10.1. The average molecular weight is 357 g/mol. The molecule has 3 heterocycles. The minimum Gasteiger partial charge on any atom is -0.300 e. The van der Waals surface area contributed by atoms with Gasteiger partial charge in [-0.05, 0) is 17.8 Å². The number of nitrogens with zero attached hydrogens (tertiary/aromatic N) is 4. The maximum atomic E-state index is 3.31. The van der Waals surface area contributed by atoms with E-state index in [4.69, 9.17) is 0 Å². The molecule has 5 heteroatoms. The molecule has 0 aliphatic carbocycles. The van der Waals surface area contributed by atoms with Gasteiger partial charge in [0.15, 0.2) is 0 Å². The molecule has 0 aromatic carbocycles. The van der Waals surface area contributed by atoms with Crippen molar-refractivity contribution in [2.24, 2.45) is 17.8 Å². The van der Waals surface area contributed by atoms with E-state index in [0.29, 0.717) is 17.8 Å². The van der Waals surface area contributed by atoms with Gasteiger partial charge in [-0.1, -0.05) is 50.8 Å². The highest BCUT2D eigenvalue weighted by Gasteiger charge is 2.46. The molecule has 3 saturated heterocycles. The average Bonchev–Trinajstić information content (AvgIpc) is 2.45. The fraction of sp³-hybridized carbons (Fsp3) is 1.00. The lowest BCUT2D eigenvalue weighted by molar-refractivity contribution is -0.143. The Kier molecular flexibility index (Phi) is 7.52. The van der Waals surface area contributed by atoms with Crippen LogP contribution >= 0.6 is 9.24 Å². The summed E-state index contributed by atoms with van der Waals surface area (Å²) in [6.07, 6.45) is 0. The summed E-state index contributed by atoms with van der Waals surface area (Å²) in [6.45, 7) is 24.8. The van der Waals surface area contributed by atoms with Crippen LogP contribution in [0.3, 0.4) is 0 Å². The van der Waals surface area contributed by atoms with E-state index in [2.05, 4.69) is 70.4 Å². The molecule has 3 fully saturated rings. The summed E-state index contributed by atoms with van der Waals surface area (Å²) >= 11 is 0. The van der Waals surface area contributed by atoms with Gasteiger partial charge >= 0.3 is 0 Å². The smallest absolute Gasteiger partial charge is 0.144 e. The lowest BCUT2D eigenvalue weighted by Gasteiger charge is -2.59. The van der Waals surface area contributed by atoms with Crippen molar-refractivity contribution in [3.63, 3.8) is 0 Å². The Balaban J connectivity index is 2.39. The second-order valence-corrected chi connectivity index (χ2v) is 9.82. The molecule has 0 spiro atoms. The fourth-order valence-corrected chi connectivity index (χ4v) is 4.92. The summed E-state index contributed by atoms with van der Waals surface area (Å²) in [7, 11) is 3.31. The molecule has 0 saturated carbocycles. The number of fused-ring (bicyclic) bond motifs is 6. The standard InChI is InChI=1S/C19H41N4P/c1-16(2)13-21-10-7-20-8-11-22(14-17(3)4)19(21,24)23(12-9-20)15-18(5)6/h16-18H,7-15,24H2,1-6H3. The van der Waals surface area contributed by atoms with E-state index in [1.807, 2.05) is 0 Å². The molecule has 0 aromatic rings. The molecule has 0 N–H and O–H groups in total. The van der Waals surface area contributed by atoms with Crippen LogP contribution < -0.4 is 0 Å². The second-order valence-electron chi connectivity index (χ2n) is 9.05. The molecule has 0 radical (unpaired) electrons. The van der Waals surface area contributed by atoms with Crippen molar-refractivity contribution in [1.82, 2.24) is 19.6 Å². The number of hydrogen-bond acceptors (Lipinski definition) is 4. The predicted octanol–water partition coefficient (Wildman–Crippen LogP) is 2.68. The van der Waals surface area contributed by atoms with Crippen LogP contribution in [0.15, 0.2) is 0 Å². The van der Waals surface area contributed by atoms with E-state index >= 15 is 0 Å². The second kappa shape index (κ2) is 8.77. The Morgan fingerprint density at radius 2 is 0.917 bits per heavy atom. The lowest BCUT2D eigenvalue weighted by Crippen LogP contribution is -2.72. The monoisotopic (exact) mass is 356 g/mol. The van der Waals surface area contributed by atoms with Crippen LogP contribution in [0.2, 0.25) is 0 Å². The number of hydrogen-bond donors (Lipinski definition) is 0. The highest BCUT2D eigenvalue weighted by molar-refractivity contribution is 7.18. The fourth-order valence-electron chi connectivity index (χ4n) is 4.21. The molecule has 1 atom stereocenters. The van der Waals surface area contributed by atoms with Crippen molar-refractivity contribution in [3.8, 4) is 0 Å². The highest BCUT2D eigenvalue weighted by Crippen LogP contribution is 2.36. The quantitative estimate of drug-likeness (QED) is 0.678. The van der Waals surface area contributed by atoms with Crippen molar-refractivity contribution >= 4 is 9.24 Å². The minimum atomic E-state index is -0.0225. The number of rotatable bonds is 6. The summed E-state index contributed by atoms with van der Waals surface area (Å²) < 4.78 is 0. The van der Waals surface area contributed by atoms with Gasteiger partial charge in [-0.2, -0.15) is 0 Å². The van der Waals surface area contributed by atoms with E-state index in [9.17, 15) is 0 Å². The van der Waals surface area contributed by atoms with Gasteiger partial charge in [-0.3, -0.25) is 19.6 Å². The zero-order valence-electron chi connectivity index (χ0n) is 17.0. The maximum Gasteiger partial charge on any atom is 0.144 e. The van der Waals surface area contributed by atoms with Crippen LogP contribution in [0.5, 0.6) is 0 Å². The molecule has 1 unspecified atom stereocenters. The zero-order valence-corrected chi connectivity index (χ0v) is 18.1. The first kappa shape index (κ1) is 20.6. The molecule has 3 aliphatic heterocycles. The van der Waals surface area contributed by atoms with Gasteiger partial charge in [-0.15, -0.1) is 0 Å². The first-order chi connectivity index (χ1) is 11.2. The summed E-state index contributed by atoms with van der Waals surface area (Å²) in [5.74, 6) is 2.08. The third-order valence-electron chi connectivity index (χ3n) is 5.21. The Labute approximate surface area is 153 Å². The molecule has 142 valence electrons. The highest BCUT2D eigenvalue weighted by atomic mass is 31.0. The van der Waals surface area contributed by atoms with Crippen LogP contribution in [0.1, 0.15) is 41.5 Å². The van der Waals surface area contributed by atoms with Crippen LogP contribution in [0, 0.1) is 17.8 Å². The van der Waals surface area contributed by atoms with E-state index in [-0.39, 0.29) is 5.53 Å². The van der Waals surface area contributed by atoms with Gasteiger partial charge in [0.2, 0.25) is 0 Å². The van der Waals surface area contributed by atoms with Crippen LogP contribution in [0.4, 0.5) is 0 Å². The van der Waals surface area contributed by atoms with Crippen LogP contribution in [0.25, 0.3) is 0 Å². The maximum absolute atomic E-state index is 3.31. The normalized spacial score (nSPS) is 31.0. The van der Waals surface area contributed by atoms with Gasteiger partial charge in [-0.25, -0.2) is 0 Å². The predicted molar refractivity (Wildman–Crippen MR) is 108 cm³/mol. The largest absolute Gasteiger partial charge is 0.300 e. The Morgan fingerprint density at radius 1 is 0.625 bits per heavy atom. The van der Waals surface area contributed by atoms with Gasteiger partial charge in [0.25, 0.3) is 0 Å². The van der Waals surface area contributed by atoms with Crippen molar-refractivity contribution in [3.05, 3.63) is 0 Å². The van der Waals surface area contributed by atoms with Gasteiger partial charge in [0.05, 0.1) is 0 Å². The van der Waals surface area contributed by atoms with Crippen molar-refractivity contribution < 1.29 is 0 Å². The first-order valence-electron chi connectivity index (χ1n) is 9.99. The van der Waals surface area contributed by atoms with E-state index in [0.717, 1.165) is 0 Å². The molecule has 0 amide bonds. The summed E-state index contributed by atoms with van der Waals surface area (Å²) in [4.78, 5) is 10.9. The summed E-state index contributed by atoms with van der Waals surface area (Å²) in [5, 5.41) is 0. The SMILES string of the molecule is CC(C)CN1CCN2CCN(CC(C)C)C1(P)N(CC(C)C)CC2. The molecular formula is C19H41N4P. The Hall–Kier alpha value is 0.270. The minimum absolute atomic E-state index is 0.0225. The third-order valence-corrected chi connectivity index (χ3v) is 6.31. The summed E-state index contributed by atoms with van der Waals surface area (Å²) in [5.41, 5.74) is -0.0225. The molecule has 2 bridgehead atoms. The summed E-state index contributed by atoms with van der Waals surface area (Å²) in [6, 6.07) is 0. The van der Waals surface area contributed by atoms with E-state index in [1.165, 1.54) is 58.9 Å². The van der Waals surface area contributed by atoms with Crippen LogP contribution in [-0.4, -0.2) is 84.0 Å². The van der Waals surface area contributed by atoms with E-state index < -0.39 is 0 Å². The van der Waals surface area contributed by atoms with E-state index in [1.54, 1.807) is 0 Å². The van der Waals surface area contributed by atoms with Crippen molar-refractivity contribution in [2.45, 2.75) is 47.1 Å². The van der Waals surface area contributed by atoms with Gasteiger partial charge in [0, 0.05) is 58.9 Å². The zero-order chi connectivity index (χ0) is 17.9. The molecular weight excluding hydrogens is 315 g/mol. The Morgan fingerprint density at radius 3 is 1.17 bits per heavy atom. The molecule has 3 aliphatic rings. The Bertz CT molecular complexity index is 331. The van der Waals surface area contributed by atoms with Gasteiger partial charge in [0.1, 0.15) is 5.53 Å². The third kappa shape index (κ3) is 4.92. The molecule has 0 aromatic heterocycles. The topological polar surface area (TPSA) is 13.0 Å².